The average Bonchev–Trinajstić information content (AvgIpc) is 2.99. The highest BCUT2D eigenvalue weighted by atomic mass is 15.4. The molecule has 104 valence electrons. The summed E-state index contributed by atoms with van der Waals surface area (Å²) in [5, 5.41) is 4.61. The Morgan fingerprint density at radius 1 is 1.30 bits per heavy atom. The molecule has 0 amide bonds. The SMILES string of the molecule is Cc1nn(-c2nc3ccccc3[nH]2)c(C)c1C(C)CN. The lowest BCUT2D eigenvalue weighted by molar-refractivity contribution is 0.755. The zero-order chi connectivity index (χ0) is 14.3. The number of fused-ring (bicyclic) bond motifs is 1. The van der Waals surface area contributed by atoms with Crippen LogP contribution in [0.15, 0.2) is 24.3 Å². The van der Waals surface area contributed by atoms with Crippen molar-refractivity contribution in [1.82, 2.24) is 19.7 Å². The lowest BCUT2D eigenvalue weighted by atomic mass is 10.00. The number of nitrogens with two attached hydrogens (primary N) is 1. The lowest BCUT2D eigenvalue weighted by Crippen LogP contribution is -2.11. The van der Waals surface area contributed by atoms with Gasteiger partial charge < -0.3 is 10.7 Å². The highest BCUT2D eigenvalue weighted by Gasteiger charge is 2.18. The van der Waals surface area contributed by atoms with Crippen LogP contribution in [-0.4, -0.2) is 26.3 Å². The van der Waals surface area contributed by atoms with Gasteiger partial charge in [-0.25, -0.2) is 9.67 Å². The first-order chi connectivity index (χ1) is 9.61. The maximum absolute atomic E-state index is 5.79. The number of para-hydroxylation sites is 2. The minimum Gasteiger partial charge on any atom is -0.330 e. The molecule has 1 unspecified atom stereocenters. The molecule has 20 heavy (non-hydrogen) atoms. The van der Waals surface area contributed by atoms with Gasteiger partial charge in [-0.1, -0.05) is 19.1 Å². The van der Waals surface area contributed by atoms with Crippen LogP contribution in [-0.2, 0) is 0 Å². The Balaban J connectivity index is 2.15. The van der Waals surface area contributed by atoms with E-state index in [2.05, 4.69) is 28.9 Å². The molecule has 0 spiro atoms. The van der Waals surface area contributed by atoms with Crippen LogP contribution in [0.25, 0.3) is 17.0 Å². The Bertz CT molecular complexity index is 720. The third kappa shape index (κ3) is 1.91. The fourth-order valence-corrected chi connectivity index (χ4v) is 2.73. The molecule has 0 fully saturated rings. The second kappa shape index (κ2) is 4.76. The molecule has 2 heterocycles. The molecule has 2 aromatic heterocycles. The number of H-pyrrole nitrogens is 1. The maximum atomic E-state index is 5.79. The van der Waals surface area contributed by atoms with E-state index >= 15 is 0 Å². The van der Waals surface area contributed by atoms with Crippen LogP contribution in [0.4, 0.5) is 0 Å². The molecule has 5 heteroatoms. The van der Waals surface area contributed by atoms with Gasteiger partial charge >= 0.3 is 0 Å². The number of imidazole rings is 1. The largest absolute Gasteiger partial charge is 0.330 e. The summed E-state index contributed by atoms with van der Waals surface area (Å²) in [6, 6.07) is 7.98. The molecule has 1 aromatic carbocycles. The number of nitrogens with zero attached hydrogens (tertiary/aromatic N) is 3. The highest BCUT2D eigenvalue weighted by molar-refractivity contribution is 5.75. The van der Waals surface area contributed by atoms with E-state index in [0.717, 1.165) is 28.4 Å². The van der Waals surface area contributed by atoms with Crippen molar-refractivity contribution in [3.63, 3.8) is 0 Å². The molecule has 0 saturated carbocycles. The fraction of sp³-hybridized carbons (Fsp3) is 0.333. The Kier molecular flexibility index (Phi) is 3.06. The summed E-state index contributed by atoms with van der Waals surface area (Å²) in [5.41, 5.74) is 11.1. The van der Waals surface area contributed by atoms with Crippen LogP contribution in [0.1, 0.15) is 29.8 Å². The molecule has 0 saturated heterocycles. The number of aryl methyl sites for hydroxylation is 1. The smallest absolute Gasteiger partial charge is 0.229 e. The third-order valence-corrected chi connectivity index (χ3v) is 3.77. The summed E-state index contributed by atoms with van der Waals surface area (Å²) in [6.07, 6.45) is 0. The highest BCUT2D eigenvalue weighted by Crippen LogP contribution is 2.24. The second-order valence-electron chi connectivity index (χ2n) is 5.21. The van der Waals surface area contributed by atoms with Crippen LogP contribution in [0, 0.1) is 13.8 Å². The molecule has 1 atom stereocenters. The van der Waals surface area contributed by atoms with E-state index in [4.69, 9.17) is 5.73 Å². The number of aromatic nitrogens is 4. The quantitative estimate of drug-likeness (QED) is 0.767. The predicted molar refractivity (Wildman–Crippen MR) is 80.2 cm³/mol. The second-order valence-corrected chi connectivity index (χ2v) is 5.21. The van der Waals surface area contributed by atoms with Crippen LogP contribution in [0.2, 0.25) is 0 Å². The van der Waals surface area contributed by atoms with Crippen molar-refractivity contribution in [2.45, 2.75) is 26.7 Å². The molecular weight excluding hydrogens is 250 g/mol. The van der Waals surface area contributed by atoms with Gasteiger partial charge in [-0.2, -0.15) is 5.10 Å². The summed E-state index contributed by atoms with van der Waals surface area (Å²) >= 11 is 0. The summed E-state index contributed by atoms with van der Waals surface area (Å²) in [6.45, 7) is 6.83. The van der Waals surface area contributed by atoms with Crippen molar-refractivity contribution in [2.75, 3.05) is 6.54 Å². The zero-order valence-electron chi connectivity index (χ0n) is 12.0. The van der Waals surface area contributed by atoms with E-state index < -0.39 is 0 Å². The van der Waals surface area contributed by atoms with Crippen LogP contribution in [0.3, 0.4) is 0 Å². The van der Waals surface area contributed by atoms with Gasteiger partial charge in [0.1, 0.15) is 0 Å². The number of hydrogen-bond acceptors (Lipinski definition) is 3. The van der Waals surface area contributed by atoms with Crippen LogP contribution < -0.4 is 5.73 Å². The van der Waals surface area contributed by atoms with E-state index in [-0.39, 0.29) is 0 Å². The lowest BCUT2D eigenvalue weighted by Gasteiger charge is -2.08. The Morgan fingerprint density at radius 3 is 2.75 bits per heavy atom. The van der Waals surface area contributed by atoms with Crippen molar-refractivity contribution in [3.05, 3.63) is 41.2 Å². The van der Waals surface area contributed by atoms with E-state index in [0.29, 0.717) is 12.5 Å². The van der Waals surface area contributed by atoms with Gasteiger partial charge in [0.25, 0.3) is 0 Å². The maximum Gasteiger partial charge on any atom is 0.229 e. The van der Waals surface area contributed by atoms with Gasteiger partial charge in [-0.15, -0.1) is 0 Å². The molecule has 0 aliphatic carbocycles. The molecule has 0 bridgehead atoms. The minimum atomic E-state index is 0.299. The first kappa shape index (κ1) is 12.9. The summed E-state index contributed by atoms with van der Waals surface area (Å²) in [4.78, 5) is 7.91. The normalized spacial score (nSPS) is 13.0. The summed E-state index contributed by atoms with van der Waals surface area (Å²) in [7, 11) is 0. The number of rotatable bonds is 3. The number of hydrogen-bond donors (Lipinski definition) is 2. The zero-order valence-corrected chi connectivity index (χ0v) is 12.0. The van der Waals surface area contributed by atoms with Gasteiger partial charge in [0.15, 0.2) is 0 Å². The van der Waals surface area contributed by atoms with E-state index in [1.165, 1.54) is 5.56 Å². The van der Waals surface area contributed by atoms with Gasteiger partial charge in [-0.05, 0) is 38.4 Å². The van der Waals surface area contributed by atoms with Crippen LogP contribution in [0.5, 0.6) is 0 Å². The van der Waals surface area contributed by atoms with Gasteiger partial charge in [-0.3, -0.25) is 0 Å². The van der Waals surface area contributed by atoms with E-state index in [1.54, 1.807) is 0 Å². The van der Waals surface area contributed by atoms with E-state index in [9.17, 15) is 0 Å². The van der Waals surface area contributed by atoms with Crippen molar-refractivity contribution >= 4 is 11.0 Å². The Hall–Kier alpha value is -2.14. The third-order valence-electron chi connectivity index (χ3n) is 3.77. The standard InChI is InChI=1S/C15H19N5/c1-9(8-16)14-10(2)19-20(11(14)3)15-17-12-6-4-5-7-13(12)18-15/h4-7,9H,8,16H2,1-3H3,(H,17,18). The van der Waals surface area contributed by atoms with E-state index in [1.807, 2.05) is 35.9 Å². The minimum absolute atomic E-state index is 0.299. The summed E-state index contributed by atoms with van der Waals surface area (Å²) in [5.74, 6) is 1.05. The number of aromatic amines is 1. The van der Waals surface area contributed by atoms with Gasteiger partial charge in [0, 0.05) is 11.3 Å². The molecule has 5 nitrogen and oxygen atoms in total. The molecule has 3 rings (SSSR count). The first-order valence-electron chi connectivity index (χ1n) is 6.83. The molecule has 3 N–H and O–H groups in total. The first-order valence-corrected chi connectivity index (χ1v) is 6.83. The number of benzene rings is 1. The molecule has 0 aliphatic rings. The molecule has 0 aliphatic heterocycles. The van der Waals surface area contributed by atoms with Crippen molar-refractivity contribution < 1.29 is 0 Å². The van der Waals surface area contributed by atoms with Crippen LogP contribution >= 0.6 is 0 Å². The van der Waals surface area contributed by atoms with Gasteiger partial charge in [0.2, 0.25) is 5.95 Å². The van der Waals surface area contributed by atoms with Crippen molar-refractivity contribution in [2.24, 2.45) is 5.73 Å². The predicted octanol–water partition coefficient (Wildman–Crippen LogP) is 2.43. The number of nitrogens with one attached hydrogen (secondary N) is 1. The summed E-state index contributed by atoms with van der Waals surface area (Å²) < 4.78 is 1.87. The van der Waals surface area contributed by atoms with Gasteiger partial charge in [0.05, 0.1) is 16.7 Å². The monoisotopic (exact) mass is 269 g/mol. The molecule has 3 aromatic rings. The average molecular weight is 269 g/mol. The van der Waals surface area contributed by atoms with Crippen molar-refractivity contribution in [1.29, 1.82) is 0 Å². The molecule has 0 radical (unpaired) electrons. The Morgan fingerprint density at radius 2 is 2.05 bits per heavy atom. The fourth-order valence-electron chi connectivity index (χ4n) is 2.73. The Labute approximate surface area is 117 Å². The topological polar surface area (TPSA) is 72.5 Å². The van der Waals surface area contributed by atoms with Crippen molar-refractivity contribution in [3.8, 4) is 5.95 Å². The molecular formula is C15H19N5.